The van der Waals surface area contributed by atoms with Crippen molar-refractivity contribution in [3.05, 3.63) is 564 Å². The van der Waals surface area contributed by atoms with Gasteiger partial charge in [0, 0.05) is 70.1 Å². The fourth-order valence-electron chi connectivity index (χ4n) is 20.1. The molecule has 26 rings (SSSR count). The SMILES string of the molecule is c1ccc(-c2ccc(N(c3ccc(-c4ccc(-c5ccccc5)s4)cc3)c3ccc(-c4ccc(-c5ccccc5)s4)cc3)cc2)cc1.c1ccc2c(-c3ccc(N(c4ccc(-c5cccc6ccccc56)cc4)c4cc5ccccc5c5ccccc45)cc3)cccc2c1.c1ccc2cc(-c3ccc(N(c4ccc(-c5ccc6ccccc6c5)cc4)c4cc5ccccc5c5ccccc45)cc3)ccc2c1. The van der Waals surface area contributed by atoms with Crippen LogP contribution in [-0.4, -0.2) is 0 Å². The molecule has 0 aliphatic heterocycles. The van der Waals surface area contributed by atoms with E-state index in [4.69, 9.17) is 0 Å². The van der Waals surface area contributed by atoms with Crippen LogP contribution in [0.3, 0.4) is 0 Å². The fourth-order valence-corrected chi connectivity index (χ4v) is 22.1. The van der Waals surface area contributed by atoms with E-state index in [-0.39, 0.29) is 0 Å². The highest BCUT2D eigenvalue weighted by atomic mass is 32.1. The summed E-state index contributed by atoms with van der Waals surface area (Å²) in [6.07, 6.45) is 0. The van der Waals surface area contributed by atoms with Gasteiger partial charge in [-0.05, 0) is 287 Å². The average molecular weight is 1830 g/mol. The van der Waals surface area contributed by atoms with Crippen molar-refractivity contribution >= 4 is 160 Å². The molecule has 0 fully saturated rings. The molecule has 24 aromatic carbocycles. The first kappa shape index (κ1) is 86.0. The maximum atomic E-state index is 2.41. The van der Waals surface area contributed by atoms with Gasteiger partial charge >= 0.3 is 0 Å². The second-order valence-corrected chi connectivity index (χ2v) is 37.9. The Morgan fingerprint density at radius 3 is 0.688 bits per heavy atom. The molecule has 0 saturated heterocycles. The molecule has 3 nitrogen and oxygen atoms in total. The smallest absolute Gasteiger partial charge is 0.0546 e. The maximum Gasteiger partial charge on any atom is 0.0546 e. The van der Waals surface area contributed by atoms with Crippen LogP contribution in [0.4, 0.5) is 51.2 Å². The predicted octanol–water partition coefficient (Wildman–Crippen LogP) is 39.8. The standard InChI is InChI=1S/2C46H31N.C44H31NS2/c1-4-16-39-32(11-1)14-9-21-41(39)34-23-27-37(28-24-34)47(46-31-36-13-3-6-18-43(36)44-19-7-8-20-45(44)46)38-29-25-35(26-30-38)42-22-10-15-33-12-2-5-17-40(33)42;1-3-11-36-29-38(19-17-32(36)9-1)34-21-25-41(26-22-34)47(46-31-40-13-5-6-14-43(40)44-15-7-8-16-45(44)46)42-27-23-35(24-28-42)39-20-18-33-10-2-4-12-37(33)30-39;1-4-10-32(11-5-1)33-16-22-38(23-17-33)45(39-24-18-36(19-25-39)43-30-28-41(46-43)34-12-6-2-7-13-34)40-26-20-37(21-27-40)44-31-29-42(47-44)35-14-8-3-9-15-35/h3*1-31H. The van der Waals surface area contributed by atoms with Crippen LogP contribution in [0.15, 0.2) is 564 Å². The summed E-state index contributed by atoms with van der Waals surface area (Å²) < 4.78 is 0. The normalized spacial score (nSPS) is 11.3. The van der Waals surface area contributed by atoms with Gasteiger partial charge in [0.2, 0.25) is 0 Å². The molecule has 0 N–H and O–H groups in total. The first-order valence-corrected chi connectivity index (χ1v) is 49.8. The van der Waals surface area contributed by atoms with Crippen LogP contribution in [0.1, 0.15) is 0 Å². The minimum Gasteiger partial charge on any atom is -0.311 e. The summed E-state index contributed by atoms with van der Waals surface area (Å²) in [4.78, 5) is 12.3. The van der Waals surface area contributed by atoms with Gasteiger partial charge in [-0.1, -0.05) is 431 Å². The number of hydrogen-bond donors (Lipinski definition) is 0. The van der Waals surface area contributed by atoms with E-state index in [0.717, 1.165) is 51.2 Å². The molecule has 0 spiro atoms. The highest BCUT2D eigenvalue weighted by molar-refractivity contribution is 7.19. The average Bonchev–Trinajstić information content (AvgIpc) is 1.11. The van der Waals surface area contributed by atoms with Gasteiger partial charge in [0.25, 0.3) is 0 Å². The van der Waals surface area contributed by atoms with Gasteiger partial charge in [-0.3, -0.25) is 0 Å². The second kappa shape index (κ2) is 38.7. The van der Waals surface area contributed by atoms with Crippen LogP contribution < -0.4 is 14.7 Å². The van der Waals surface area contributed by atoms with Gasteiger partial charge in [-0.2, -0.15) is 0 Å². The number of rotatable bonds is 18. The summed E-state index contributed by atoms with van der Waals surface area (Å²) in [6.45, 7) is 0. The second-order valence-electron chi connectivity index (χ2n) is 35.8. The molecule has 0 atom stereocenters. The lowest BCUT2D eigenvalue weighted by molar-refractivity contribution is 1.28. The van der Waals surface area contributed by atoms with Crippen LogP contribution in [0.25, 0.3) is 184 Å². The first-order valence-electron chi connectivity index (χ1n) is 48.1. The first-order chi connectivity index (χ1) is 69.9. The third kappa shape index (κ3) is 17.6. The Balaban J connectivity index is 0.000000114. The number of benzene rings is 24. The summed E-state index contributed by atoms with van der Waals surface area (Å²) in [7, 11) is 0. The third-order valence-electron chi connectivity index (χ3n) is 27.2. The predicted molar refractivity (Wildman–Crippen MR) is 608 cm³/mol. The summed E-state index contributed by atoms with van der Waals surface area (Å²) in [5, 5.41) is 20.0. The minimum absolute atomic E-state index is 1.12. The molecule has 2 heterocycles. The van der Waals surface area contributed by atoms with Gasteiger partial charge in [-0.25, -0.2) is 0 Å². The van der Waals surface area contributed by atoms with Crippen molar-refractivity contribution in [1.29, 1.82) is 0 Å². The maximum absolute atomic E-state index is 2.41. The van der Waals surface area contributed by atoms with Crippen molar-refractivity contribution in [1.82, 2.24) is 0 Å². The van der Waals surface area contributed by atoms with Crippen LogP contribution in [-0.2, 0) is 0 Å². The molecule has 0 aliphatic rings. The molecule has 141 heavy (non-hydrogen) atoms. The van der Waals surface area contributed by atoms with Crippen molar-refractivity contribution < 1.29 is 0 Å². The third-order valence-corrected chi connectivity index (χ3v) is 29.6. The van der Waals surface area contributed by atoms with Gasteiger partial charge in [0.1, 0.15) is 0 Å². The monoisotopic (exact) mass is 1830 g/mol. The minimum atomic E-state index is 1.12. The molecule has 0 aliphatic carbocycles. The fraction of sp³-hybridized carbons (Fsp3) is 0. The largest absolute Gasteiger partial charge is 0.311 e. The van der Waals surface area contributed by atoms with Gasteiger partial charge in [-0.15, -0.1) is 22.7 Å². The van der Waals surface area contributed by atoms with E-state index in [9.17, 15) is 0 Å². The summed E-state index contributed by atoms with van der Waals surface area (Å²) in [5.41, 5.74) is 27.3. The summed E-state index contributed by atoms with van der Waals surface area (Å²) in [6, 6.07) is 204. The van der Waals surface area contributed by atoms with Crippen LogP contribution in [0.2, 0.25) is 0 Å². The summed E-state index contributed by atoms with van der Waals surface area (Å²) >= 11 is 3.67. The Kier molecular flexibility index (Phi) is 23.6. The molecule has 0 saturated carbocycles. The van der Waals surface area contributed by atoms with Crippen LogP contribution in [0, 0.1) is 0 Å². The van der Waals surface area contributed by atoms with E-state index in [0.29, 0.717) is 0 Å². The lowest BCUT2D eigenvalue weighted by Crippen LogP contribution is -2.10. The van der Waals surface area contributed by atoms with Crippen molar-refractivity contribution in [3.8, 4) is 97.4 Å². The molecule has 664 valence electrons. The zero-order valence-corrected chi connectivity index (χ0v) is 79.0. The topological polar surface area (TPSA) is 9.72 Å². The molecule has 0 bridgehead atoms. The zero-order valence-electron chi connectivity index (χ0n) is 77.4. The van der Waals surface area contributed by atoms with E-state index in [1.54, 1.807) is 0 Å². The van der Waals surface area contributed by atoms with Crippen molar-refractivity contribution in [2.75, 3.05) is 14.7 Å². The van der Waals surface area contributed by atoms with E-state index in [1.165, 1.54) is 184 Å². The number of fused-ring (bicyclic) bond motifs is 10. The van der Waals surface area contributed by atoms with Gasteiger partial charge in [0.05, 0.1) is 11.4 Å². The highest BCUT2D eigenvalue weighted by Crippen LogP contribution is 2.49. The van der Waals surface area contributed by atoms with Crippen molar-refractivity contribution in [2.45, 2.75) is 0 Å². The van der Waals surface area contributed by atoms with Gasteiger partial charge < -0.3 is 14.7 Å². The van der Waals surface area contributed by atoms with E-state index in [1.807, 2.05) is 22.7 Å². The zero-order chi connectivity index (χ0) is 93.7. The number of hydrogen-bond acceptors (Lipinski definition) is 5. The van der Waals surface area contributed by atoms with Crippen molar-refractivity contribution in [3.63, 3.8) is 0 Å². The Hall–Kier alpha value is -17.8. The Morgan fingerprint density at radius 2 is 0.340 bits per heavy atom. The molecule has 0 unspecified atom stereocenters. The molecule has 2 aromatic heterocycles. The molecule has 5 heteroatoms. The lowest BCUT2D eigenvalue weighted by atomic mass is 9.96. The number of thiophene rings is 2. The Labute approximate surface area is 829 Å². The van der Waals surface area contributed by atoms with E-state index >= 15 is 0 Å². The van der Waals surface area contributed by atoms with Crippen LogP contribution >= 0.6 is 22.7 Å². The molecular weight excluding hydrogens is 1740 g/mol. The molecule has 0 amide bonds. The highest BCUT2D eigenvalue weighted by Gasteiger charge is 2.23. The Bertz CT molecular complexity index is 8610. The number of nitrogens with zero attached hydrogens (tertiary/aromatic N) is 3. The number of anilines is 9. The molecule has 26 aromatic rings. The summed E-state index contributed by atoms with van der Waals surface area (Å²) in [5.74, 6) is 0. The van der Waals surface area contributed by atoms with Crippen molar-refractivity contribution in [2.24, 2.45) is 0 Å². The Morgan fingerprint density at radius 1 is 0.113 bits per heavy atom. The molecular formula is C136H93N3S2. The van der Waals surface area contributed by atoms with Gasteiger partial charge in [0.15, 0.2) is 0 Å². The van der Waals surface area contributed by atoms with E-state index < -0.39 is 0 Å². The quantitative estimate of drug-likeness (QED) is 0.0793. The lowest BCUT2D eigenvalue weighted by Gasteiger charge is -2.28. The molecule has 0 radical (unpaired) electrons. The van der Waals surface area contributed by atoms with E-state index in [2.05, 4.69) is 579 Å². The van der Waals surface area contributed by atoms with Crippen LogP contribution in [0.5, 0.6) is 0 Å².